The van der Waals surface area contributed by atoms with E-state index in [-0.39, 0.29) is 12.5 Å². The highest BCUT2D eigenvalue weighted by Crippen LogP contribution is 2.08. The number of unbranched alkanes of at least 4 members (excludes halogenated alkanes) is 2. The summed E-state index contributed by atoms with van der Waals surface area (Å²) in [6.07, 6.45) is 6.08. The third-order valence-electron chi connectivity index (χ3n) is 3.57. The fraction of sp³-hybridized carbons (Fsp3) is 0.529. The highest BCUT2D eigenvalue weighted by molar-refractivity contribution is 5.77. The van der Waals surface area contributed by atoms with E-state index in [1.165, 1.54) is 0 Å². The number of imidazole rings is 1. The molecule has 22 heavy (non-hydrogen) atoms. The maximum absolute atomic E-state index is 11.6. The van der Waals surface area contributed by atoms with Gasteiger partial charge in [0, 0.05) is 31.5 Å². The molecule has 2 aromatic rings. The number of ether oxygens (including phenoxy) is 1. The van der Waals surface area contributed by atoms with Crippen LogP contribution < -0.4 is 5.32 Å². The van der Waals surface area contributed by atoms with Crippen LogP contribution >= 0.6 is 0 Å². The third kappa shape index (κ3) is 4.84. The van der Waals surface area contributed by atoms with Crippen LogP contribution in [0.25, 0.3) is 5.65 Å². The Morgan fingerprint density at radius 1 is 1.36 bits per heavy atom. The average molecular weight is 303 g/mol. The molecule has 0 saturated heterocycles. The Morgan fingerprint density at radius 2 is 2.23 bits per heavy atom. The molecule has 5 heteroatoms. The minimum absolute atomic E-state index is 0.0588. The number of hydrogen-bond acceptors (Lipinski definition) is 3. The molecule has 0 unspecified atom stereocenters. The van der Waals surface area contributed by atoms with Crippen molar-refractivity contribution in [2.75, 3.05) is 19.8 Å². The van der Waals surface area contributed by atoms with Crippen molar-refractivity contribution in [3.05, 3.63) is 35.8 Å². The van der Waals surface area contributed by atoms with Gasteiger partial charge in [-0.1, -0.05) is 25.8 Å². The molecule has 2 rings (SSSR count). The van der Waals surface area contributed by atoms with Crippen LogP contribution in [-0.4, -0.2) is 35.1 Å². The first-order valence-corrected chi connectivity index (χ1v) is 7.98. The molecule has 0 aliphatic carbocycles. The molecule has 1 N–H and O–H groups in total. The lowest BCUT2D eigenvalue weighted by Gasteiger charge is -2.05. The number of carbonyl (C=O) groups excluding carboxylic acids is 1. The van der Waals surface area contributed by atoms with Crippen LogP contribution in [0.1, 0.15) is 37.6 Å². The van der Waals surface area contributed by atoms with Gasteiger partial charge in [0.1, 0.15) is 12.3 Å². The monoisotopic (exact) mass is 303 g/mol. The zero-order valence-corrected chi connectivity index (χ0v) is 13.5. The van der Waals surface area contributed by atoms with Crippen molar-refractivity contribution in [3.63, 3.8) is 0 Å². The molecular weight excluding hydrogens is 278 g/mol. The number of hydrogen-bond donors (Lipinski definition) is 1. The van der Waals surface area contributed by atoms with Crippen molar-refractivity contribution < 1.29 is 9.53 Å². The molecule has 0 bridgehead atoms. The smallest absolute Gasteiger partial charge is 0.246 e. The van der Waals surface area contributed by atoms with Crippen LogP contribution in [0.5, 0.6) is 0 Å². The predicted molar refractivity (Wildman–Crippen MR) is 87.0 cm³/mol. The van der Waals surface area contributed by atoms with Gasteiger partial charge >= 0.3 is 0 Å². The third-order valence-corrected chi connectivity index (χ3v) is 3.57. The molecule has 0 aliphatic heterocycles. The van der Waals surface area contributed by atoms with E-state index in [9.17, 15) is 4.79 Å². The molecule has 120 valence electrons. The standard InChI is InChI=1S/C17H25N3O2/c1-3-4-5-11-22-13-17(21)18-10-9-15-12-20-14(2)7-6-8-16(20)19-15/h6-8,12H,3-5,9-11,13H2,1-2H3,(H,18,21). The van der Waals surface area contributed by atoms with Crippen molar-refractivity contribution in [1.29, 1.82) is 0 Å². The Kier molecular flexibility index (Phi) is 6.40. The van der Waals surface area contributed by atoms with E-state index in [1.54, 1.807) is 0 Å². The van der Waals surface area contributed by atoms with Gasteiger partial charge in [-0.05, 0) is 25.5 Å². The summed E-state index contributed by atoms with van der Waals surface area (Å²) in [5, 5.41) is 2.87. The minimum atomic E-state index is -0.0588. The van der Waals surface area contributed by atoms with Crippen molar-refractivity contribution in [2.45, 2.75) is 39.5 Å². The van der Waals surface area contributed by atoms with Crippen LogP contribution in [0.4, 0.5) is 0 Å². The molecule has 0 fully saturated rings. The lowest BCUT2D eigenvalue weighted by molar-refractivity contribution is -0.125. The molecule has 0 radical (unpaired) electrons. The van der Waals surface area contributed by atoms with Gasteiger partial charge in [-0.25, -0.2) is 4.98 Å². The number of nitrogens with one attached hydrogen (secondary N) is 1. The molecule has 2 aromatic heterocycles. The maximum atomic E-state index is 11.6. The zero-order valence-electron chi connectivity index (χ0n) is 13.5. The number of aryl methyl sites for hydroxylation is 1. The van der Waals surface area contributed by atoms with Crippen molar-refractivity contribution in [3.8, 4) is 0 Å². The van der Waals surface area contributed by atoms with Gasteiger partial charge in [0.25, 0.3) is 0 Å². The molecule has 0 aromatic carbocycles. The number of aromatic nitrogens is 2. The van der Waals surface area contributed by atoms with Crippen molar-refractivity contribution in [1.82, 2.24) is 14.7 Å². The van der Waals surface area contributed by atoms with Gasteiger partial charge in [0.05, 0.1) is 5.69 Å². The summed E-state index contributed by atoms with van der Waals surface area (Å²) in [5.74, 6) is -0.0588. The summed E-state index contributed by atoms with van der Waals surface area (Å²) in [6, 6.07) is 6.04. The number of carbonyl (C=O) groups is 1. The first-order chi connectivity index (χ1) is 10.7. The maximum Gasteiger partial charge on any atom is 0.246 e. The molecule has 0 spiro atoms. The Morgan fingerprint density at radius 3 is 3.00 bits per heavy atom. The van der Waals surface area contributed by atoms with E-state index in [0.717, 1.165) is 42.7 Å². The highest BCUT2D eigenvalue weighted by atomic mass is 16.5. The minimum Gasteiger partial charge on any atom is -0.372 e. The summed E-state index contributed by atoms with van der Waals surface area (Å²) in [7, 11) is 0. The number of amides is 1. The molecule has 0 atom stereocenters. The van der Waals surface area contributed by atoms with Crippen molar-refractivity contribution >= 4 is 11.6 Å². The molecule has 2 heterocycles. The second-order valence-electron chi connectivity index (χ2n) is 5.49. The Labute approximate surface area is 131 Å². The number of fused-ring (bicyclic) bond motifs is 1. The molecule has 5 nitrogen and oxygen atoms in total. The fourth-order valence-electron chi connectivity index (χ4n) is 2.32. The summed E-state index contributed by atoms with van der Waals surface area (Å²) in [5.41, 5.74) is 3.08. The lowest BCUT2D eigenvalue weighted by atomic mass is 10.3. The van der Waals surface area contributed by atoms with E-state index in [2.05, 4.69) is 34.6 Å². The molecule has 0 aliphatic rings. The van der Waals surface area contributed by atoms with Crippen LogP contribution in [0.3, 0.4) is 0 Å². The number of nitrogens with zero attached hydrogens (tertiary/aromatic N) is 2. The normalized spacial score (nSPS) is 11.0. The topological polar surface area (TPSA) is 55.6 Å². The Bertz CT molecular complexity index is 607. The fourth-order valence-corrected chi connectivity index (χ4v) is 2.32. The second kappa shape index (κ2) is 8.54. The summed E-state index contributed by atoms with van der Waals surface area (Å²) in [6.45, 7) is 5.59. The van der Waals surface area contributed by atoms with Gasteiger partial charge in [0.15, 0.2) is 0 Å². The van der Waals surface area contributed by atoms with Gasteiger partial charge in [0.2, 0.25) is 5.91 Å². The molecule has 1 amide bonds. The van der Waals surface area contributed by atoms with Gasteiger partial charge in [-0.15, -0.1) is 0 Å². The van der Waals surface area contributed by atoms with Gasteiger partial charge in [-0.2, -0.15) is 0 Å². The first kappa shape index (κ1) is 16.5. The highest BCUT2D eigenvalue weighted by Gasteiger charge is 2.05. The Balaban J connectivity index is 1.69. The lowest BCUT2D eigenvalue weighted by Crippen LogP contribution is -2.29. The summed E-state index contributed by atoms with van der Waals surface area (Å²) < 4.78 is 7.40. The van der Waals surface area contributed by atoms with Gasteiger partial charge < -0.3 is 14.5 Å². The number of pyridine rings is 1. The summed E-state index contributed by atoms with van der Waals surface area (Å²) >= 11 is 0. The SMILES string of the molecule is CCCCCOCC(=O)NCCc1cn2c(C)cccc2n1. The van der Waals surface area contributed by atoms with E-state index in [0.29, 0.717) is 13.2 Å². The van der Waals surface area contributed by atoms with Crippen molar-refractivity contribution in [2.24, 2.45) is 0 Å². The van der Waals surface area contributed by atoms with Gasteiger partial charge in [-0.3, -0.25) is 4.79 Å². The quantitative estimate of drug-likeness (QED) is 0.724. The van der Waals surface area contributed by atoms with Crippen LogP contribution in [0, 0.1) is 6.92 Å². The molecular formula is C17H25N3O2. The average Bonchev–Trinajstić information content (AvgIpc) is 2.91. The summed E-state index contributed by atoms with van der Waals surface area (Å²) in [4.78, 5) is 16.2. The predicted octanol–water partition coefficient (Wildman–Crippen LogP) is 2.51. The largest absolute Gasteiger partial charge is 0.372 e. The van der Waals surface area contributed by atoms with E-state index < -0.39 is 0 Å². The van der Waals surface area contributed by atoms with E-state index >= 15 is 0 Å². The Hall–Kier alpha value is -1.88. The first-order valence-electron chi connectivity index (χ1n) is 7.98. The zero-order chi connectivity index (χ0) is 15.8. The molecule has 0 saturated carbocycles. The van der Waals surface area contributed by atoms with Crippen LogP contribution in [0.15, 0.2) is 24.4 Å². The number of rotatable bonds is 9. The van der Waals surface area contributed by atoms with E-state index in [4.69, 9.17) is 4.74 Å². The van der Waals surface area contributed by atoms with Crippen LogP contribution in [0.2, 0.25) is 0 Å². The second-order valence-corrected chi connectivity index (χ2v) is 5.49. The van der Waals surface area contributed by atoms with Crippen LogP contribution in [-0.2, 0) is 16.0 Å². The van der Waals surface area contributed by atoms with E-state index in [1.807, 2.05) is 18.3 Å².